The number of benzene rings is 2. The molecule has 2 N–H and O–H groups in total. The smallest absolute Gasteiger partial charge is 0.334 e. The van der Waals surface area contributed by atoms with Gasteiger partial charge in [-0.3, -0.25) is 0 Å². The predicted octanol–water partition coefficient (Wildman–Crippen LogP) is 4.17. The highest BCUT2D eigenvalue weighted by molar-refractivity contribution is 5.89. The lowest BCUT2D eigenvalue weighted by Gasteiger charge is -2.10. The van der Waals surface area contributed by atoms with Crippen LogP contribution in [-0.4, -0.2) is 6.03 Å². The molecule has 22 heavy (non-hydrogen) atoms. The molecule has 0 aliphatic rings. The molecule has 0 saturated carbocycles. The molecule has 0 aliphatic carbocycles. The summed E-state index contributed by atoms with van der Waals surface area (Å²) < 4.78 is 49.9. The van der Waals surface area contributed by atoms with E-state index in [-0.39, 0.29) is 18.0 Å². The number of carbonyl (C=O) groups is 1. The van der Waals surface area contributed by atoms with Crippen LogP contribution in [0.1, 0.15) is 11.1 Å². The fraction of sp³-hybridized carbons (Fsp3) is 0.133. The molecule has 0 radical (unpaired) electrons. The van der Waals surface area contributed by atoms with Crippen molar-refractivity contribution in [1.29, 1.82) is 0 Å². The van der Waals surface area contributed by atoms with Gasteiger partial charge in [0.2, 0.25) is 0 Å². The summed E-state index contributed by atoms with van der Waals surface area (Å²) in [5.41, 5.74) is 0.151. The maximum Gasteiger partial charge on any atom is 0.416 e. The third-order valence-corrected chi connectivity index (χ3v) is 2.84. The Morgan fingerprint density at radius 1 is 0.955 bits per heavy atom. The minimum absolute atomic E-state index is 0.173. The minimum Gasteiger partial charge on any atom is -0.334 e. The van der Waals surface area contributed by atoms with Crippen LogP contribution < -0.4 is 10.6 Å². The van der Waals surface area contributed by atoms with Crippen molar-refractivity contribution in [3.63, 3.8) is 0 Å². The number of carbonyl (C=O) groups excluding carboxylic acids is 1. The molecule has 0 heterocycles. The van der Waals surface area contributed by atoms with Crippen LogP contribution in [0.4, 0.5) is 28.0 Å². The van der Waals surface area contributed by atoms with Crippen LogP contribution >= 0.6 is 0 Å². The highest BCUT2D eigenvalue weighted by atomic mass is 19.4. The molecule has 3 nitrogen and oxygen atoms in total. The fourth-order valence-electron chi connectivity index (χ4n) is 1.70. The molecule has 116 valence electrons. The summed E-state index contributed by atoms with van der Waals surface area (Å²) in [4.78, 5) is 11.6. The van der Waals surface area contributed by atoms with E-state index in [0.717, 1.165) is 12.1 Å². The molecule has 0 bridgehead atoms. The van der Waals surface area contributed by atoms with Gasteiger partial charge in [0, 0.05) is 12.2 Å². The number of urea groups is 1. The molecule has 2 aromatic rings. The van der Waals surface area contributed by atoms with Gasteiger partial charge in [0.25, 0.3) is 0 Å². The molecule has 2 amide bonds. The summed E-state index contributed by atoms with van der Waals surface area (Å²) in [6.45, 7) is 0.173. The number of hydrogen-bond donors (Lipinski definition) is 2. The normalized spacial score (nSPS) is 11.1. The first-order valence-corrected chi connectivity index (χ1v) is 6.31. The monoisotopic (exact) mass is 312 g/mol. The van der Waals surface area contributed by atoms with Crippen molar-refractivity contribution in [2.75, 3.05) is 5.32 Å². The Morgan fingerprint density at radius 2 is 1.55 bits per heavy atom. The maximum absolute atomic E-state index is 12.7. The zero-order valence-corrected chi connectivity index (χ0v) is 11.2. The number of hydrogen-bond acceptors (Lipinski definition) is 1. The van der Waals surface area contributed by atoms with Crippen molar-refractivity contribution in [3.8, 4) is 0 Å². The maximum atomic E-state index is 12.7. The first-order valence-electron chi connectivity index (χ1n) is 6.31. The highest BCUT2D eigenvalue weighted by Crippen LogP contribution is 2.29. The quantitative estimate of drug-likeness (QED) is 0.821. The predicted molar refractivity (Wildman–Crippen MR) is 73.7 cm³/mol. The van der Waals surface area contributed by atoms with Crippen LogP contribution in [0, 0.1) is 5.82 Å². The van der Waals surface area contributed by atoms with Crippen LogP contribution in [0.25, 0.3) is 0 Å². The standard InChI is InChI=1S/C15H12F4N2O/c16-12-5-1-10(2-6-12)9-20-14(22)21-13-7-3-11(4-8-13)15(17,18)19/h1-8H,9H2,(H2,20,21,22). The largest absolute Gasteiger partial charge is 0.416 e. The van der Waals surface area contributed by atoms with Gasteiger partial charge in [0.1, 0.15) is 5.82 Å². The molecule has 0 fully saturated rings. The van der Waals surface area contributed by atoms with E-state index in [1.54, 1.807) is 0 Å². The molecule has 0 unspecified atom stereocenters. The number of amides is 2. The Morgan fingerprint density at radius 3 is 2.09 bits per heavy atom. The average Bonchev–Trinajstić information content (AvgIpc) is 2.46. The number of rotatable bonds is 3. The Balaban J connectivity index is 1.88. The average molecular weight is 312 g/mol. The van der Waals surface area contributed by atoms with E-state index in [2.05, 4.69) is 10.6 Å². The Bertz CT molecular complexity index is 636. The van der Waals surface area contributed by atoms with Crippen molar-refractivity contribution >= 4 is 11.7 Å². The SMILES string of the molecule is O=C(NCc1ccc(F)cc1)Nc1ccc(C(F)(F)F)cc1. The summed E-state index contributed by atoms with van der Waals surface area (Å²) in [7, 11) is 0. The van der Waals surface area contributed by atoms with Gasteiger partial charge in [0.15, 0.2) is 0 Å². The third-order valence-electron chi connectivity index (χ3n) is 2.84. The molecule has 0 saturated heterocycles. The Labute approximate surface area is 124 Å². The van der Waals surface area contributed by atoms with Gasteiger partial charge in [-0.05, 0) is 42.0 Å². The molecule has 0 spiro atoms. The number of alkyl halides is 3. The topological polar surface area (TPSA) is 41.1 Å². The van der Waals surface area contributed by atoms with Crippen LogP contribution in [0.2, 0.25) is 0 Å². The van der Waals surface area contributed by atoms with Crippen LogP contribution in [0.5, 0.6) is 0 Å². The van der Waals surface area contributed by atoms with Crippen molar-refractivity contribution < 1.29 is 22.4 Å². The van der Waals surface area contributed by atoms with E-state index in [4.69, 9.17) is 0 Å². The van der Waals surface area contributed by atoms with E-state index in [9.17, 15) is 22.4 Å². The molecule has 0 aromatic heterocycles. The number of halogens is 4. The summed E-state index contributed by atoms with van der Waals surface area (Å²) in [6.07, 6.45) is -4.41. The molecular weight excluding hydrogens is 300 g/mol. The second-order valence-corrected chi connectivity index (χ2v) is 4.51. The van der Waals surface area contributed by atoms with E-state index in [1.165, 1.54) is 36.4 Å². The van der Waals surface area contributed by atoms with E-state index in [0.29, 0.717) is 5.56 Å². The van der Waals surface area contributed by atoms with Gasteiger partial charge in [0.05, 0.1) is 5.56 Å². The van der Waals surface area contributed by atoms with Crippen molar-refractivity contribution in [2.24, 2.45) is 0 Å². The number of anilines is 1. The minimum atomic E-state index is -4.41. The molecule has 2 rings (SSSR count). The summed E-state index contributed by atoms with van der Waals surface area (Å²) in [5.74, 6) is -0.377. The first kappa shape index (κ1) is 15.8. The first-order chi connectivity index (χ1) is 10.3. The van der Waals surface area contributed by atoms with E-state index in [1.807, 2.05) is 0 Å². The lowest BCUT2D eigenvalue weighted by atomic mass is 10.2. The molecule has 2 aromatic carbocycles. The van der Waals surface area contributed by atoms with Crippen molar-refractivity contribution in [3.05, 3.63) is 65.5 Å². The Kier molecular flexibility index (Phi) is 4.65. The second kappa shape index (κ2) is 6.46. The summed E-state index contributed by atoms with van der Waals surface area (Å²) in [6, 6.07) is 9.12. The van der Waals surface area contributed by atoms with Crippen LogP contribution in [0.15, 0.2) is 48.5 Å². The lowest BCUT2D eigenvalue weighted by molar-refractivity contribution is -0.137. The fourth-order valence-corrected chi connectivity index (χ4v) is 1.70. The van der Waals surface area contributed by atoms with Gasteiger partial charge < -0.3 is 10.6 Å². The second-order valence-electron chi connectivity index (χ2n) is 4.51. The molecular formula is C15H12F4N2O. The number of nitrogens with one attached hydrogen (secondary N) is 2. The van der Waals surface area contributed by atoms with E-state index >= 15 is 0 Å². The van der Waals surface area contributed by atoms with Gasteiger partial charge in [-0.15, -0.1) is 0 Å². The van der Waals surface area contributed by atoms with Gasteiger partial charge in [-0.1, -0.05) is 12.1 Å². The molecule has 7 heteroatoms. The van der Waals surface area contributed by atoms with Gasteiger partial charge in [-0.2, -0.15) is 13.2 Å². The molecule has 0 aliphatic heterocycles. The van der Waals surface area contributed by atoms with Crippen molar-refractivity contribution in [2.45, 2.75) is 12.7 Å². The highest BCUT2D eigenvalue weighted by Gasteiger charge is 2.29. The summed E-state index contributed by atoms with van der Waals surface area (Å²) >= 11 is 0. The van der Waals surface area contributed by atoms with E-state index < -0.39 is 17.8 Å². The molecule has 0 atom stereocenters. The zero-order chi connectivity index (χ0) is 16.2. The van der Waals surface area contributed by atoms with Crippen molar-refractivity contribution in [1.82, 2.24) is 5.32 Å². The van der Waals surface area contributed by atoms with Crippen LogP contribution in [0.3, 0.4) is 0 Å². The third kappa shape index (κ3) is 4.47. The van der Waals surface area contributed by atoms with Gasteiger partial charge in [-0.25, -0.2) is 9.18 Å². The summed E-state index contributed by atoms with van der Waals surface area (Å²) in [5, 5.41) is 4.93. The zero-order valence-electron chi connectivity index (χ0n) is 11.2. The van der Waals surface area contributed by atoms with Gasteiger partial charge >= 0.3 is 12.2 Å². The lowest BCUT2D eigenvalue weighted by Crippen LogP contribution is -2.28. The Hall–Kier alpha value is -2.57. The van der Waals surface area contributed by atoms with Crippen LogP contribution in [-0.2, 0) is 12.7 Å².